The van der Waals surface area contributed by atoms with Crippen LogP contribution in [0.3, 0.4) is 0 Å². The van der Waals surface area contributed by atoms with Crippen LogP contribution in [0.4, 0.5) is 5.82 Å². The first-order valence-electron chi connectivity index (χ1n) is 12.3. The van der Waals surface area contributed by atoms with Crippen LogP contribution in [0.15, 0.2) is 18.7 Å². The van der Waals surface area contributed by atoms with Crippen LogP contribution in [0.5, 0.6) is 5.75 Å². The summed E-state index contributed by atoms with van der Waals surface area (Å²) in [4.78, 5) is 16.9. The molecule has 1 saturated carbocycles. The monoisotopic (exact) mass is 474 g/mol. The van der Waals surface area contributed by atoms with Crippen molar-refractivity contribution in [2.75, 3.05) is 32.6 Å². The lowest BCUT2D eigenvalue weighted by Gasteiger charge is -2.48. The van der Waals surface area contributed by atoms with E-state index in [4.69, 9.17) is 14.5 Å². The van der Waals surface area contributed by atoms with E-state index in [1.54, 1.807) is 6.08 Å². The number of pyridine rings is 1. The van der Waals surface area contributed by atoms with Crippen LogP contribution in [-0.2, 0) is 16.0 Å². The van der Waals surface area contributed by atoms with Gasteiger partial charge in [-0.15, -0.1) is 6.58 Å². The molecule has 2 aliphatic rings. The number of hydrogen-bond donors (Lipinski definition) is 4. The number of aliphatic hydroxyl groups excluding tert-OH is 1. The lowest BCUT2D eigenvalue weighted by molar-refractivity contribution is -0.126. The minimum absolute atomic E-state index is 0.0200. The Hall–Kier alpha value is -2.16. The normalized spacial score (nSPS) is 20.5. The van der Waals surface area contributed by atoms with E-state index in [9.17, 15) is 9.90 Å². The quantitative estimate of drug-likeness (QED) is 0.365. The number of hydrogen-bond acceptors (Lipinski definition) is 7. The number of ether oxygens (including phenoxy) is 2. The summed E-state index contributed by atoms with van der Waals surface area (Å²) in [6, 6.07) is 1.73. The Balaban J connectivity index is 1.82. The lowest BCUT2D eigenvalue weighted by Crippen LogP contribution is -2.52. The SMILES string of the molecule is C=CC[C@H](NC(=O)COC)[C@H](O)CNC1CC2(CCC2)Oc2c1cc(CC(C)(C)C)nc2NC. The van der Waals surface area contributed by atoms with Crippen molar-refractivity contribution >= 4 is 11.7 Å². The summed E-state index contributed by atoms with van der Waals surface area (Å²) in [6.45, 7) is 10.7. The van der Waals surface area contributed by atoms with E-state index < -0.39 is 12.1 Å². The minimum Gasteiger partial charge on any atom is -0.483 e. The molecule has 8 nitrogen and oxygen atoms in total. The molecule has 1 aliphatic heterocycles. The standard InChI is InChI=1S/C26H42N4O4/c1-7-9-19(30-22(32)16-33-6)21(31)15-28-20-14-26(10-8-11-26)34-23-18(20)12-17(13-25(2,3)4)29-24(23)27-5/h7,12,19-21,28,31H,1,8-11,13-16H2,2-6H3,(H,27,29)(H,30,32)/t19-,20?,21+/m0/s1. The molecule has 8 heteroatoms. The number of aromatic nitrogens is 1. The number of fused-ring (bicyclic) bond motifs is 1. The first-order valence-corrected chi connectivity index (χ1v) is 12.3. The molecule has 0 saturated heterocycles. The maximum absolute atomic E-state index is 12.0. The fraction of sp³-hybridized carbons (Fsp3) is 0.692. The Morgan fingerprint density at radius 1 is 1.44 bits per heavy atom. The highest BCUT2D eigenvalue weighted by Gasteiger charge is 2.46. The van der Waals surface area contributed by atoms with Crippen molar-refractivity contribution in [1.29, 1.82) is 0 Å². The molecule has 1 spiro atoms. The van der Waals surface area contributed by atoms with Gasteiger partial charge in [0.2, 0.25) is 5.91 Å². The van der Waals surface area contributed by atoms with Gasteiger partial charge in [-0.05, 0) is 43.6 Å². The molecule has 0 radical (unpaired) electrons. The molecule has 1 aromatic rings. The highest BCUT2D eigenvalue weighted by Crippen LogP contribution is 2.51. The van der Waals surface area contributed by atoms with Crippen molar-refractivity contribution in [2.45, 2.75) is 83.1 Å². The van der Waals surface area contributed by atoms with Gasteiger partial charge in [-0.25, -0.2) is 4.98 Å². The van der Waals surface area contributed by atoms with E-state index in [-0.39, 0.29) is 29.6 Å². The number of carbonyl (C=O) groups excluding carboxylic acids is 1. The summed E-state index contributed by atoms with van der Waals surface area (Å²) in [5.41, 5.74) is 2.02. The second-order valence-corrected chi connectivity index (χ2v) is 10.9. The number of aliphatic hydroxyl groups is 1. The Labute approximate surface area is 203 Å². The molecule has 1 fully saturated rings. The van der Waals surface area contributed by atoms with Gasteiger partial charge in [0.1, 0.15) is 12.2 Å². The van der Waals surface area contributed by atoms with E-state index >= 15 is 0 Å². The average molecular weight is 475 g/mol. The number of carbonyl (C=O) groups is 1. The molecule has 190 valence electrons. The van der Waals surface area contributed by atoms with Crippen molar-refractivity contribution in [3.63, 3.8) is 0 Å². The van der Waals surface area contributed by atoms with E-state index in [0.29, 0.717) is 13.0 Å². The number of rotatable bonds is 11. The van der Waals surface area contributed by atoms with Gasteiger partial charge in [0.15, 0.2) is 11.6 Å². The van der Waals surface area contributed by atoms with Crippen molar-refractivity contribution in [2.24, 2.45) is 5.41 Å². The fourth-order valence-corrected chi connectivity index (χ4v) is 4.85. The number of nitrogens with one attached hydrogen (secondary N) is 3. The summed E-state index contributed by atoms with van der Waals surface area (Å²) in [7, 11) is 3.35. The molecule has 1 aromatic heterocycles. The minimum atomic E-state index is -0.776. The third-order valence-corrected chi connectivity index (χ3v) is 6.62. The molecular formula is C26H42N4O4. The molecule has 1 aliphatic carbocycles. The van der Waals surface area contributed by atoms with Gasteiger partial charge in [0.25, 0.3) is 0 Å². The average Bonchev–Trinajstić information content (AvgIpc) is 2.74. The zero-order valence-electron chi connectivity index (χ0n) is 21.4. The van der Waals surface area contributed by atoms with Crippen molar-refractivity contribution in [3.8, 4) is 5.75 Å². The highest BCUT2D eigenvalue weighted by atomic mass is 16.5. The summed E-state index contributed by atoms with van der Waals surface area (Å²) in [5.74, 6) is 1.33. The van der Waals surface area contributed by atoms with Gasteiger partial charge in [-0.3, -0.25) is 4.79 Å². The summed E-state index contributed by atoms with van der Waals surface area (Å²) >= 11 is 0. The molecule has 4 N–H and O–H groups in total. The smallest absolute Gasteiger partial charge is 0.246 e. The van der Waals surface area contributed by atoms with E-state index in [2.05, 4.69) is 49.4 Å². The van der Waals surface area contributed by atoms with E-state index in [1.165, 1.54) is 7.11 Å². The maximum Gasteiger partial charge on any atom is 0.246 e. The van der Waals surface area contributed by atoms with Crippen LogP contribution >= 0.6 is 0 Å². The molecule has 1 amide bonds. The molecule has 1 unspecified atom stereocenters. The fourth-order valence-electron chi connectivity index (χ4n) is 4.85. The topological polar surface area (TPSA) is 105 Å². The van der Waals surface area contributed by atoms with Gasteiger partial charge in [0.05, 0.1) is 12.1 Å². The molecule has 2 heterocycles. The number of amides is 1. The molecule has 0 bridgehead atoms. The van der Waals surface area contributed by atoms with Gasteiger partial charge < -0.3 is 30.5 Å². The van der Waals surface area contributed by atoms with Crippen LogP contribution in [0.1, 0.15) is 70.2 Å². The predicted molar refractivity (Wildman–Crippen MR) is 134 cm³/mol. The Morgan fingerprint density at radius 2 is 2.18 bits per heavy atom. The van der Waals surface area contributed by atoms with Gasteiger partial charge in [-0.2, -0.15) is 0 Å². The van der Waals surface area contributed by atoms with Crippen molar-refractivity contribution in [3.05, 3.63) is 30.0 Å². The van der Waals surface area contributed by atoms with Crippen LogP contribution in [-0.4, -0.2) is 61.1 Å². The van der Waals surface area contributed by atoms with Gasteiger partial charge in [0, 0.05) is 44.4 Å². The van der Waals surface area contributed by atoms with Crippen molar-refractivity contribution in [1.82, 2.24) is 15.6 Å². The number of nitrogens with zero attached hydrogens (tertiary/aromatic N) is 1. The van der Waals surface area contributed by atoms with Crippen LogP contribution < -0.4 is 20.7 Å². The van der Waals surface area contributed by atoms with Crippen LogP contribution in [0, 0.1) is 5.41 Å². The predicted octanol–water partition coefficient (Wildman–Crippen LogP) is 3.12. The zero-order chi connectivity index (χ0) is 24.9. The molecule has 3 rings (SSSR count). The molecule has 3 atom stereocenters. The van der Waals surface area contributed by atoms with Gasteiger partial charge >= 0.3 is 0 Å². The van der Waals surface area contributed by atoms with Gasteiger partial charge in [-0.1, -0.05) is 26.8 Å². The molecule has 0 aromatic carbocycles. The molecular weight excluding hydrogens is 432 g/mol. The lowest BCUT2D eigenvalue weighted by atomic mass is 9.72. The Kier molecular flexibility index (Phi) is 8.60. The molecule has 34 heavy (non-hydrogen) atoms. The third-order valence-electron chi connectivity index (χ3n) is 6.62. The summed E-state index contributed by atoms with van der Waals surface area (Å²) in [5, 5.41) is 20.6. The number of anilines is 1. The maximum atomic E-state index is 12.0. The summed E-state index contributed by atoms with van der Waals surface area (Å²) in [6.07, 6.45) is 6.29. The first-order chi connectivity index (χ1) is 16.1. The zero-order valence-corrected chi connectivity index (χ0v) is 21.4. The second-order valence-electron chi connectivity index (χ2n) is 10.9. The first kappa shape index (κ1) is 26.4. The van der Waals surface area contributed by atoms with Crippen molar-refractivity contribution < 1.29 is 19.4 Å². The third kappa shape index (κ3) is 6.49. The Bertz CT molecular complexity index is 863. The number of methoxy groups -OCH3 is 1. The summed E-state index contributed by atoms with van der Waals surface area (Å²) < 4.78 is 11.5. The van der Waals surface area contributed by atoms with E-state index in [0.717, 1.165) is 54.9 Å². The largest absolute Gasteiger partial charge is 0.483 e. The van der Waals surface area contributed by atoms with Crippen LogP contribution in [0.25, 0.3) is 0 Å². The highest BCUT2D eigenvalue weighted by molar-refractivity contribution is 5.77. The Morgan fingerprint density at radius 3 is 2.74 bits per heavy atom. The van der Waals surface area contributed by atoms with E-state index in [1.807, 2.05) is 7.05 Å². The second kappa shape index (κ2) is 11.1. The van der Waals surface area contributed by atoms with Crippen LogP contribution in [0.2, 0.25) is 0 Å².